The number of halogens is 3. The molecule has 3 aromatic rings. The van der Waals surface area contributed by atoms with Crippen molar-refractivity contribution in [3.8, 4) is 0 Å². The summed E-state index contributed by atoms with van der Waals surface area (Å²) in [7, 11) is 0. The highest BCUT2D eigenvalue weighted by atomic mass is 32.1. The summed E-state index contributed by atoms with van der Waals surface area (Å²) in [6.45, 7) is 2.00. The monoisotopic (exact) mass is 405 g/mol. The molecule has 3 rings (SSSR count). The molecule has 0 radical (unpaired) electrons. The molecule has 0 bridgehead atoms. The zero-order valence-electron chi connectivity index (χ0n) is 15.2. The van der Waals surface area contributed by atoms with Gasteiger partial charge in [0.05, 0.1) is 16.1 Å². The zero-order chi connectivity index (χ0) is 20.1. The van der Waals surface area contributed by atoms with Crippen LogP contribution < -0.4 is 10.6 Å². The van der Waals surface area contributed by atoms with Crippen molar-refractivity contribution < 1.29 is 23.3 Å². The topological polar surface area (TPSA) is 45.7 Å². The first-order valence-corrected chi connectivity index (χ1v) is 9.62. The Labute approximate surface area is 165 Å². The summed E-state index contributed by atoms with van der Waals surface area (Å²) in [5.41, 5.74) is 1.10. The second-order valence-electron chi connectivity index (χ2n) is 6.44. The van der Waals surface area contributed by atoms with Gasteiger partial charge in [-0.2, -0.15) is 13.2 Å². The van der Waals surface area contributed by atoms with Crippen LogP contribution in [0.15, 0.2) is 66.0 Å². The number of quaternary nitrogens is 1. The molecular weight excluding hydrogens is 385 g/mol. The summed E-state index contributed by atoms with van der Waals surface area (Å²) in [5, 5.41) is 6.19. The van der Waals surface area contributed by atoms with Crippen LogP contribution in [0.3, 0.4) is 0 Å². The average Bonchev–Trinajstić information content (AvgIpc) is 3.17. The molecule has 2 aromatic carbocycles. The Morgan fingerprint density at radius 2 is 1.79 bits per heavy atom. The number of aryl methyl sites for hydroxylation is 1. The summed E-state index contributed by atoms with van der Waals surface area (Å²) in [4.78, 5) is 13.4. The second-order valence-corrected chi connectivity index (χ2v) is 7.41. The maximum absolute atomic E-state index is 13.1. The van der Waals surface area contributed by atoms with Crippen molar-refractivity contribution in [2.45, 2.75) is 19.1 Å². The van der Waals surface area contributed by atoms with Gasteiger partial charge in [-0.15, -0.1) is 11.3 Å². The number of carbonyl (C=O) groups is 1. The predicted molar refractivity (Wildman–Crippen MR) is 104 cm³/mol. The Kier molecular flexibility index (Phi) is 6.16. The zero-order valence-corrected chi connectivity index (χ0v) is 16.0. The standard InChI is InChI=1S/C21H19F3N2OS/c1-14-8-10-15(11-9-14)20(18-7-4-12-28-18)25-13-19(27)26-17-6-3-2-5-16(17)21(22,23)24/h2-12,20,25H,13H2,1H3,(H,26,27)/p+1/t20-/m1/s1. The van der Waals surface area contributed by atoms with E-state index in [0.717, 1.165) is 22.1 Å². The number of hydrogen-bond acceptors (Lipinski definition) is 2. The van der Waals surface area contributed by atoms with E-state index in [1.807, 2.05) is 54.0 Å². The van der Waals surface area contributed by atoms with Gasteiger partial charge in [-0.25, -0.2) is 0 Å². The van der Waals surface area contributed by atoms with Crippen LogP contribution in [0.1, 0.15) is 27.6 Å². The van der Waals surface area contributed by atoms with E-state index < -0.39 is 17.6 Å². The first-order chi connectivity index (χ1) is 13.3. The number of hydrogen-bond donors (Lipinski definition) is 2. The van der Waals surface area contributed by atoms with Gasteiger partial charge in [0.1, 0.15) is 6.04 Å². The third-order valence-electron chi connectivity index (χ3n) is 4.33. The van der Waals surface area contributed by atoms with Gasteiger partial charge in [0, 0.05) is 5.56 Å². The second kappa shape index (κ2) is 8.58. The molecule has 0 aliphatic heterocycles. The average molecular weight is 405 g/mol. The quantitative estimate of drug-likeness (QED) is 0.629. The van der Waals surface area contributed by atoms with Crippen LogP contribution in [0.4, 0.5) is 18.9 Å². The first kappa shape index (κ1) is 20.1. The van der Waals surface area contributed by atoms with Crippen molar-refractivity contribution in [1.82, 2.24) is 0 Å². The number of para-hydroxylation sites is 1. The van der Waals surface area contributed by atoms with Gasteiger partial charge in [0.25, 0.3) is 5.91 Å². The van der Waals surface area contributed by atoms with Crippen LogP contribution in [-0.4, -0.2) is 12.5 Å². The molecule has 0 saturated carbocycles. The summed E-state index contributed by atoms with van der Waals surface area (Å²) >= 11 is 1.58. The summed E-state index contributed by atoms with van der Waals surface area (Å²) in [6, 6.07) is 16.8. The van der Waals surface area contributed by atoms with Crippen molar-refractivity contribution in [1.29, 1.82) is 0 Å². The minimum Gasteiger partial charge on any atom is -0.328 e. The molecule has 3 N–H and O–H groups in total. The molecule has 0 aliphatic rings. The molecule has 3 nitrogen and oxygen atoms in total. The summed E-state index contributed by atoms with van der Waals surface area (Å²) < 4.78 is 39.3. The minimum atomic E-state index is -4.52. The number of anilines is 1. The maximum atomic E-state index is 13.1. The van der Waals surface area contributed by atoms with E-state index in [1.165, 1.54) is 18.2 Å². The lowest BCUT2D eigenvalue weighted by Crippen LogP contribution is -2.87. The SMILES string of the molecule is Cc1ccc([C@@H]([NH2+]CC(=O)Nc2ccccc2C(F)(F)F)c2cccs2)cc1. The van der Waals surface area contributed by atoms with E-state index in [2.05, 4.69) is 5.32 Å². The third kappa shape index (κ3) is 4.99. The van der Waals surface area contributed by atoms with Crippen molar-refractivity contribution >= 4 is 22.9 Å². The first-order valence-electron chi connectivity index (χ1n) is 8.74. The van der Waals surface area contributed by atoms with Crippen LogP contribution >= 0.6 is 11.3 Å². The maximum Gasteiger partial charge on any atom is 0.418 e. The largest absolute Gasteiger partial charge is 0.418 e. The van der Waals surface area contributed by atoms with Crippen LogP contribution in [0.25, 0.3) is 0 Å². The Morgan fingerprint density at radius 1 is 1.07 bits per heavy atom. The number of benzene rings is 2. The van der Waals surface area contributed by atoms with Gasteiger partial charge >= 0.3 is 6.18 Å². The van der Waals surface area contributed by atoms with Crippen molar-refractivity contribution in [2.24, 2.45) is 0 Å². The number of nitrogens with two attached hydrogens (primary N) is 1. The number of amides is 1. The molecule has 0 saturated heterocycles. The Morgan fingerprint density at radius 3 is 2.43 bits per heavy atom. The fourth-order valence-corrected chi connectivity index (χ4v) is 3.77. The van der Waals surface area contributed by atoms with Gasteiger partial charge in [-0.1, -0.05) is 48.0 Å². The number of nitrogens with one attached hydrogen (secondary N) is 1. The van der Waals surface area contributed by atoms with E-state index in [4.69, 9.17) is 0 Å². The lowest BCUT2D eigenvalue weighted by Gasteiger charge is -2.16. The van der Waals surface area contributed by atoms with Crippen LogP contribution in [-0.2, 0) is 11.0 Å². The van der Waals surface area contributed by atoms with Gasteiger partial charge < -0.3 is 10.6 Å². The molecule has 0 fully saturated rings. The highest BCUT2D eigenvalue weighted by Gasteiger charge is 2.33. The van der Waals surface area contributed by atoms with Crippen molar-refractivity contribution in [2.75, 3.05) is 11.9 Å². The van der Waals surface area contributed by atoms with E-state index in [1.54, 1.807) is 11.3 Å². The van der Waals surface area contributed by atoms with Crippen molar-refractivity contribution in [3.05, 3.63) is 87.6 Å². The Hall–Kier alpha value is -2.64. The van der Waals surface area contributed by atoms with Gasteiger partial charge in [-0.05, 0) is 30.5 Å². The molecule has 0 spiro atoms. The fraction of sp³-hybridized carbons (Fsp3) is 0.190. The number of rotatable bonds is 6. The predicted octanol–water partition coefficient (Wildman–Crippen LogP) is 4.37. The number of alkyl halides is 3. The van der Waals surface area contributed by atoms with E-state index in [-0.39, 0.29) is 18.3 Å². The lowest BCUT2D eigenvalue weighted by atomic mass is 10.0. The van der Waals surface area contributed by atoms with E-state index in [0.29, 0.717) is 0 Å². The third-order valence-corrected chi connectivity index (χ3v) is 5.29. The molecule has 0 aliphatic carbocycles. The molecule has 0 unspecified atom stereocenters. The summed E-state index contributed by atoms with van der Waals surface area (Å²) in [5.74, 6) is -0.481. The highest BCUT2D eigenvalue weighted by Crippen LogP contribution is 2.34. The molecule has 1 atom stereocenters. The van der Waals surface area contributed by atoms with E-state index in [9.17, 15) is 18.0 Å². The van der Waals surface area contributed by atoms with E-state index >= 15 is 0 Å². The molecule has 1 amide bonds. The molecule has 7 heteroatoms. The van der Waals surface area contributed by atoms with Gasteiger partial charge in [0.15, 0.2) is 6.54 Å². The van der Waals surface area contributed by atoms with Crippen LogP contribution in [0, 0.1) is 6.92 Å². The van der Waals surface area contributed by atoms with Crippen LogP contribution in [0.2, 0.25) is 0 Å². The molecular formula is C21H20F3N2OS+. The van der Waals surface area contributed by atoms with Crippen LogP contribution in [0.5, 0.6) is 0 Å². The fourth-order valence-electron chi connectivity index (χ4n) is 2.92. The Balaban J connectivity index is 1.72. The molecule has 1 heterocycles. The number of carbonyl (C=O) groups excluding carboxylic acids is 1. The lowest BCUT2D eigenvalue weighted by molar-refractivity contribution is -0.675. The normalized spacial score (nSPS) is 12.6. The Bertz CT molecular complexity index is 922. The smallest absolute Gasteiger partial charge is 0.328 e. The van der Waals surface area contributed by atoms with Crippen molar-refractivity contribution in [3.63, 3.8) is 0 Å². The molecule has 28 heavy (non-hydrogen) atoms. The summed E-state index contributed by atoms with van der Waals surface area (Å²) in [6.07, 6.45) is -4.52. The van der Waals surface area contributed by atoms with Gasteiger partial charge in [-0.3, -0.25) is 4.79 Å². The minimum absolute atomic E-state index is 0.00261. The van der Waals surface area contributed by atoms with Gasteiger partial charge in [0.2, 0.25) is 0 Å². The molecule has 146 valence electrons. The molecule has 1 aromatic heterocycles. The highest BCUT2D eigenvalue weighted by molar-refractivity contribution is 7.10. The number of thiophene rings is 1.